The first-order chi connectivity index (χ1) is 19.5. The monoisotopic (exact) mass is 593 g/mol. The van der Waals surface area contributed by atoms with Gasteiger partial charge in [0.25, 0.3) is 0 Å². The molecule has 1 aliphatic heterocycles. The van der Waals surface area contributed by atoms with Gasteiger partial charge in [-0.25, -0.2) is 9.07 Å². The number of nitriles is 1. The fraction of sp³-hybridized carbons (Fsp3) is 0.222. The predicted octanol–water partition coefficient (Wildman–Crippen LogP) is 6.47. The van der Waals surface area contributed by atoms with Crippen molar-refractivity contribution in [2.45, 2.75) is 24.9 Å². The van der Waals surface area contributed by atoms with Crippen LogP contribution in [0.1, 0.15) is 41.1 Å². The number of halogens is 3. The minimum Gasteiger partial charge on any atom is -0.372 e. The van der Waals surface area contributed by atoms with E-state index in [1.165, 1.54) is 29.7 Å². The van der Waals surface area contributed by atoms with Gasteiger partial charge < -0.3 is 16.0 Å². The van der Waals surface area contributed by atoms with Crippen molar-refractivity contribution in [3.8, 4) is 6.07 Å². The van der Waals surface area contributed by atoms with E-state index in [4.69, 9.17) is 23.2 Å². The predicted molar refractivity (Wildman–Crippen MR) is 155 cm³/mol. The first kappa shape index (κ1) is 26.4. The molecule has 3 aromatic heterocycles. The summed E-state index contributed by atoms with van der Waals surface area (Å²) in [6.07, 6.45) is 7.22. The first-order valence-corrected chi connectivity index (χ1v) is 14.2. The van der Waals surface area contributed by atoms with Gasteiger partial charge in [0.15, 0.2) is 0 Å². The minimum absolute atomic E-state index is 0.0350. The fourth-order valence-corrected chi connectivity index (χ4v) is 5.91. The van der Waals surface area contributed by atoms with Gasteiger partial charge in [-0.15, -0.1) is 16.4 Å². The van der Waals surface area contributed by atoms with Crippen LogP contribution < -0.4 is 16.0 Å². The summed E-state index contributed by atoms with van der Waals surface area (Å²) in [5.74, 6) is -0.534. The van der Waals surface area contributed by atoms with Crippen LogP contribution in [-0.4, -0.2) is 38.1 Å². The third kappa shape index (κ3) is 5.31. The number of piperidine rings is 1. The molecule has 9 nitrogen and oxygen atoms in total. The number of nitrogens with zero attached hydrogens (tertiary/aromatic N) is 6. The number of fused-ring (bicyclic) bond motifs is 1. The van der Waals surface area contributed by atoms with E-state index in [-0.39, 0.29) is 11.1 Å². The Hall–Kier alpha value is -3.82. The Labute approximate surface area is 243 Å². The van der Waals surface area contributed by atoms with Gasteiger partial charge in [-0.3, -0.25) is 9.97 Å². The molecule has 4 heterocycles. The van der Waals surface area contributed by atoms with Gasteiger partial charge in [-0.1, -0.05) is 28.4 Å². The lowest BCUT2D eigenvalue weighted by molar-refractivity contribution is 0.337. The number of pyridine rings is 1. The Kier molecular flexibility index (Phi) is 7.49. The quantitative estimate of drug-likeness (QED) is 0.196. The second kappa shape index (κ2) is 11.3. The molecule has 1 atom stereocenters. The van der Waals surface area contributed by atoms with Crippen LogP contribution in [0, 0.1) is 17.1 Å². The zero-order chi connectivity index (χ0) is 27.6. The number of aromatic nitrogens is 5. The Morgan fingerprint density at radius 3 is 2.70 bits per heavy atom. The third-order valence-corrected chi connectivity index (χ3v) is 8.21. The maximum atomic E-state index is 13.8. The molecule has 0 radical (unpaired) electrons. The van der Waals surface area contributed by atoms with Crippen molar-refractivity contribution >= 4 is 62.5 Å². The van der Waals surface area contributed by atoms with Gasteiger partial charge in [0.2, 0.25) is 0 Å². The highest BCUT2D eigenvalue weighted by Crippen LogP contribution is 2.37. The van der Waals surface area contributed by atoms with Crippen LogP contribution in [0.2, 0.25) is 10.0 Å². The molecule has 0 bridgehead atoms. The Morgan fingerprint density at radius 1 is 1.12 bits per heavy atom. The topological polar surface area (TPSA) is 116 Å². The molecule has 40 heavy (non-hydrogen) atoms. The number of hydrogen-bond acceptors (Lipinski definition) is 9. The van der Waals surface area contributed by atoms with Crippen LogP contribution in [-0.2, 0) is 0 Å². The van der Waals surface area contributed by atoms with Crippen molar-refractivity contribution in [1.82, 2.24) is 30.3 Å². The van der Waals surface area contributed by atoms with Gasteiger partial charge in [-0.2, -0.15) is 5.26 Å². The maximum Gasteiger partial charge on any atom is 0.141 e. The van der Waals surface area contributed by atoms with Gasteiger partial charge in [0.05, 0.1) is 49.4 Å². The second-order valence-electron chi connectivity index (χ2n) is 9.35. The van der Waals surface area contributed by atoms with Crippen molar-refractivity contribution in [3.05, 3.63) is 86.4 Å². The lowest BCUT2D eigenvalue weighted by Gasteiger charge is -2.22. The second-order valence-corrected chi connectivity index (χ2v) is 11.1. The average Bonchev–Trinajstić information content (AvgIpc) is 3.68. The maximum absolute atomic E-state index is 13.8. The number of hydrogen-bond donors (Lipinski definition) is 3. The van der Waals surface area contributed by atoms with Gasteiger partial charge in [0.1, 0.15) is 23.6 Å². The van der Waals surface area contributed by atoms with Crippen LogP contribution in [0.3, 0.4) is 0 Å². The number of thiazole rings is 1. The molecule has 0 amide bonds. The molecule has 202 valence electrons. The molecule has 0 aliphatic carbocycles. The number of nitrogens with one attached hydrogen (secondary N) is 3. The third-order valence-electron chi connectivity index (χ3n) is 6.79. The largest absolute Gasteiger partial charge is 0.372 e. The normalized spacial score (nSPS) is 14.7. The smallest absolute Gasteiger partial charge is 0.141 e. The van der Waals surface area contributed by atoms with Crippen molar-refractivity contribution in [2.75, 3.05) is 23.7 Å². The highest BCUT2D eigenvalue weighted by atomic mass is 35.5. The Morgan fingerprint density at radius 2 is 1.95 bits per heavy atom. The van der Waals surface area contributed by atoms with Crippen LogP contribution in [0.4, 0.5) is 21.5 Å². The molecule has 5 aromatic rings. The molecule has 1 fully saturated rings. The number of benzene rings is 2. The van der Waals surface area contributed by atoms with E-state index in [2.05, 4.69) is 42.3 Å². The van der Waals surface area contributed by atoms with Crippen LogP contribution >= 0.6 is 34.5 Å². The van der Waals surface area contributed by atoms with Gasteiger partial charge >= 0.3 is 0 Å². The summed E-state index contributed by atoms with van der Waals surface area (Å²) in [6, 6.07) is 10.0. The van der Waals surface area contributed by atoms with Gasteiger partial charge in [0, 0.05) is 29.2 Å². The van der Waals surface area contributed by atoms with Crippen molar-refractivity contribution in [1.29, 1.82) is 5.26 Å². The summed E-state index contributed by atoms with van der Waals surface area (Å²) in [5, 5.41) is 29.9. The van der Waals surface area contributed by atoms with E-state index in [1.807, 2.05) is 16.9 Å². The van der Waals surface area contributed by atoms with E-state index < -0.39 is 5.82 Å². The zero-order valence-electron chi connectivity index (χ0n) is 20.9. The van der Waals surface area contributed by atoms with Crippen molar-refractivity contribution < 1.29 is 4.39 Å². The van der Waals surface area contributed by atoms with Crippen LogP contribution in [0.15, 0.2) is 54.4 Å². The molecule has 0 spiro atoms. The van der Waals surface area contributed by atoms with Crippen molar-refractivity contribution in [3.63, 3.8) is 0 Å². The molecular formula is C27H22Cl2FN9S. The lowest BCUT2D eigenvalue weighted by Crippen LogP contribution is -2.29. The molecule has 2 aromatic carbocycles. The zero-order valence-corrected chi connectivity index (χ0v) is 23.2. The summed E-state index contributed by atoms with van der Waals surface area (Å²) >= 11 is 14.2. The van der Waals surface area contributed by atoms with E-state index in [0.29, 0.717) is 44.6 Å². The molecule has 1 aliphatic rings. The van der Waals surface area contributed by atoms with E-state index in [9.17, 15) is 9.65 Å². The molecule has 0 unspecified atom stereocenters. The average molecular weight is 595 g/mol. The lowest BCUT2D eigenvalue weighted by atomic mass is 10.1. The SMILES string of the molecule is N#Cc1cnc2c(Cl)cc(N[C@H](c3cn(C4CCNCC4)nn3)c3cncs3)cc2c1Nc1ccc(F)c(Cl)c1. The summed E-state index contributed by atoms with van der Waals surface area (Å²) in [7, 11) is 0. The highest BCUT2D eigenvalue weighted by Gasteiger charge is 2.24. The van der Waals surface area contributed by atoms with Gasteiger partial charge in [-0.05, 0) is 56.3 Å². The number of rotatable bonds is 7. The molecule has 6 rings (SSSR count). The molecular weight excluding hydrogens is 572 g/mol. The van der Waals surface area contributed by atoms with E-state index in [0.717, 1.165) is 36.5 Å². The first-order valence-electron chi connectivity index (χ1n) is 12.5. The minimum atomic E-state index is -0.534. The fourth-order valence-electron chi connectivity index (χ4n) is 4.78. The molecule has 3 N–H and O–H groups in total. The highest BCUT2D eigenvalue weighted by molar-refractivity contribution is 7.09. The molecule has 1 saturated heterocycles. The Balaban J connectivity index is 1.39. The molecule has 0 saturated carbocycles. The summed E-state index contributed by atoms with van der Waals surface area (Å²) < 4.78 is 15.7. The molecule has 13 heteroatoms. The van der Waals surface area contributed by atoms with Crippen LogP contribution in [0.5, 0.6) is 0 Å². The summed E-state index contributed by atoms with van der Waals surface area (Å²) in [5.41, 5.74) is 5.01. The van der Waals surface area contributed by atoms with E-state index in [1.54, 1.807) is 23.8 Å². The standard InChI is InChI=1S/C27H22Cl2FN9S/c28-20-8-16(1-2-22(20)30)35-25-15(10-31)11-34-26-19(25)7-17(9-21(26)29)36-27(24-12-33-14-40-24)23-13-39(38-37-23)18-3-5-32-6-4-18/h1-2,7-9,11-14,18,27,32,36H,3-6H2,(H,34,35)/t27-/m1/s1. The summed E-state index contributed by atoms with van der Waals surface area (Å²) in [4.78, 5) is 9.64. The van der Waals surface area contributed by atoms with Crippen molar-refractivity contribution in [2.24, 2.45) is 0 Å². The summed E-state index contributed by atoms with van der Waals surface area (Å²) in [6.45, 7) is 1.90. The van der Waals surface area contributed by atoms with Crippen LogP contribution in [0.25, 0.3) is 10.9 Å². The number of anilines is 3. The Bertz CT molecular complexity index is 1710. The van der Waals surface area contributed by atoms with E-state index >= 15 is 0 Å².